The molecule has 16 heavy (non-hydrogen) atoms. The van der Waals surface area contributed by atoms with E-state index in [1.807, 2.05) is 7.05 Å². The summed E-state index contributed by atoms with van der Waals surface area (Å²) in [4.78, 5) is 13.4. The molecular weight excluding hydrogens is 208 g/mol. The zero-order valence-corrected chi connectivity index (χ0v) is 9.74. The van der Waals surface area contributed by atoms with Gasteiger partial charge in [0.15, 0.2) is 0 Å². The molecule has 1 atom stereocenters. The van der Waals surface area contributed by atoms with Crippen LogP contribution in [0.5, 0.6) is 0 Å². The highest BCUT2D eigenvalue weighted by Gasteiger charge is 2.34. The molecule has 92 valence electrons. The Labute approximate surface area is 95.8 Å². The highest BCUT2D eigenvalue weighted by molar-refractivity contribution is 5.83. The number of likely N-dealkylation sites (N-methyl/N-ethyl adjacent to an activating group) is 1. The van der Waals surface area contributed by atoms with Gasteiger partial charge in [0.25, 0.3) is 0 Å². The first-order valence-corrected chi connectivity index (χ1v) is 5.89. The van der Waals surface area contributed by atoms with Gasteiger partial charge in [0.05, 0.1) is 11.6 Å². The van der Waals surface area contributed by atoms with Crippen LogP contribution < -0.4 is 5.32 Å². The summed E-state index contributed by atoms with van der Waals surface area (Å²) in [5.41, 5.74) is -0.695. The Morgan fingerprint density at radius 2 is 2.25 bits per heavy atom. The van der Waals surface area contributed by atoms with Crippen LogP contribution in [-0.2, 0) is 9.53 Å². The van der Waals surface area contributed by atoms with Gasteiger partial charge in [-0.15, -0.1) is 0 Å². The van der Waals surface area contributed by atoms with Crippen LogP contribution in [0.25, 0.3) is 0 Å². The predicted molar refractivity (Wildman–Crippen MR) is 59.0 cm³/mol. The van der Waals surface area contributed by atoms with Gasteiger partial charge in [0.1, 0.15) is 0 Å². The lowest BCUT2D eigenvalue weighted by molar-refractivity contribution is -0.128. The van der Waals surface area contributed by atoms with E-state index in [2.05, 4.69) is 5.32 Å². The highest BCUT2D eigenvalue weighted by Crippen LogP contribution is 2.20. The molecule has 0 spiro atoms. The zero-order chi connectivity index (χ0) is 11.6. The maximum absolute atomic E-state index is 11.6. The standard InChI is InChI=1S/C11H20N2O3/c1-13-5-2-9(10(13)14)12-8-11(15)3-6-16-7-4-11/h9,12,15H,2-8H2,1H3. The van der Waals surface area contributed by atoms with Crippen molar-refractivity contribution < 1.29 is 14.6 Å². The van der Waals surface area contributed by atoms with Crippen molar-refractivity contribution in [1.82, 2.24) is 10.2 Å². The lowest BCUT2D eigenvalue weighted by atomic mass is 9.94. The molecule has 1 amide bonds. The Bertz CT molecular complexity index is 264. The predicted octanol–water partition coefficient (Wildman–Crippen LogP) is -0.652. The fraction of sp³-hybridized carbons (Fsp3) is 0.909. The summed E-state index contributed by atoms with van der Waals surface area (Å²) in [6.07, 6.45) is 2.13. The van der Waals surface area contributed by atoms with Crippen molar-refractivity contribution in [2.45, 2.75) is 30.9 Å². The fourth-order valence-electron chi connectivity index (χ4n) is 2.25. The van der Waals surface area contributed by atoms with Crippen LogP contribution in [0.4, 0.5) is 0 Å². The topological polar surface area (TPSA) is 61.8 Å². The van der Waals surface area contributed by atoms with Crippen molar-refractivity contribution in [3.8, 4) is 0 Å². The van der Waals surface area contributed by atoms with Gasteiger partial charge in [-0.3, -0.25) is 4.79 Å². The second-order valence-electron chi connectivity index (χ2n) is 4.82. The normalized spacial score (nSPS) is 29.8. The summed E-state index contributed by atoms with van der Waals surface area (Å²) in [6.45, 7) is 2.51. The van der Waals surface area contributed by atoms with E-state index < -0.39 is 5.60 Å². The lowest BCUT2D eigenvalue weighted by Crippen LogP contribution is -2.49. The molecule has 0 radical (unpaired) electrons. The monoisotopic (exact) mass is 228 g/mol. The highest BCUT2D eigenvalue weighted by atomic mass is 16.5. The van der Waals surface area contributed by atoms with E-state index in [4.69, 9.17) is 4.74 Å². The molecule has 0 aromatic carbocycles. The Hall–Kier alpha value is -0.650. The van der Waals surface area contributed by atoms with Gasteiger partial charge < -0.3 is 20.1 Å². The molecule has 2 fully saturated rings. The molecule has 0 aliphatic carbocycles. The molecule has 5 heteroatoms. The van der Waals surface area contributed by atoms with Crippen LogP contribution in [0.2, 0.25) is 0 Å². The van der Waals surface area contributed by atoms with Crippen molar-refractivity contribution in [2.24, 2.45) is 0 Å². The van der Waals surface area contributed by atoms with Crippen molar-refractivity contribution in [1.29, 1.82) is 0 Å². The summed E-state index contributed by atoms with van der Waals surface area (Å²) in [7, 11) is 1.81. The average molecular weight is 228 g/mol. The maximum atomic E-state index is 11.6. The minimum absolute atomic E-state index is 0.114. The van der Waals surface area contributed by atoms with Crippen LogP contribution in [0.1, 0.15) is 19.3 Å². The van der Waals surface area contributed by atoms with Gasteiger partial charge in [-0.25, -0.2) is 0 Å². The molecule has 0 aromatic heterocycles. The van der Waals surface area contributed by atoms with Gasteiger partial charge in [-0.05, 0) is 6.42 Å². The van der Waals surface area contributed by atoms with Crippen LogP contribution >= 0.6 is 0 Å². The van der Waals surface area contributed by atoms with E-state index in [0.29, 0.717) is 32.6 Å². The molecular formula is C11H20N2O3. The molecule has 0 aromatic rings. The number of carbonyl (C=O) groups is 1. The Balaban J connectivity index is 1.80. The molecule has 2 aliphatic heterocycles. The van der Waals surface area contributed by atoms with Gasteiger partial charge in [-0.2, -0.15) is 0 Å². The number of hydrogen-bond donors (Lipinski definition) is 2. The first-order chi connectivity index (χ1) is 7.61. The van der Waals surface area contributed by atoms with Crippen LogP contribution in [0, 0.1) is 0 Å². The maximum Gasteiger partial charge on any atom is 0.239 e. The van der Waals surface area contributed by atoms with E-state index in [-0.39, 0.29) is 11.9 Å². The average Bonchev–Trinajstić information content (AvgIpc) is 2.58. The van der Waals surface area contributed by atoms with Crippen molar-refractivity contribution in [3.05, 3.63) is 0 Å². The Kier molecular flexibility index (Phi) is 3.47. The first kappa shape index (κ1) is 11.8. The van der Waals surface area contributed by atoms with E-state index in [9.17, 15) is 9.90 Å². The molecule has 2 heterocycles. The van der Waals surface area contributed by atoms with E-state index >= 15 is 0 Å². The van der Waals surface area contributed by atoms with Crippen molar-refractivity contribution in [3.63, 3.8) is 0 Å². The molecule has 5 nitrogen and oxygen atoms in total. The number of likely N-dealkylation sites (tertiary alicyclic amines) is 1. The number of rotatable bonds is 3. The quantitative estimate of drug-likeness (QED) is 0.674. The fourth-order valence-corrected chi connectivity index (χ4v) is 2.25. The molecule has 2 rings (SSSR count). The Morgan fingerprint density at radius 1 is 1.56 bits per heavy atom. The number of amides is 1. The Morgan fingerprint density at radius 3 is 2.81 bits per heavy atom. The van der Waals surface area contributed by atoms with Crippen molar-refractivity contribution in [2.75, 3.05) is 33.4 Å². The van der Waals surface area contributed by atoms with E-state index in [1.54, 1.807) is 4.90 Å². The number of ether oxygens (including phenoxy) is 1. The molecule has 0 saturated carbocycles. The first-order valence-electron chi connectivity index (χ1n) is 5.89. The molecule has 2 saturated heterocycles. The molecule has 2 N–H and O–H groups in total. The number of nitrogens with one attached hydrogen (secondary N) is 1. The largest absolute Gasteiger partial charge is 0.388 e. The van der Waals surface area contributed by atoms with Gasteiger partial charge >= 0.3 is 0 Å². The molecule has 1 unspecified atom stereocenters. The van der Waals surface area contributed by atoms with E-state index in [1.165, 1.54) is 0 Å². The second kappa shape index (κ2) is 4.69. The zero-order valence-electron chi connectivity index (χ0n) is 9.74. The minimum atomic E-state index is -0.695. The smallest absolute Gasteiger partial charge is 0.239 e. The summed E-state index contributed by atoms with van der Waals surface area (Å²) in [6, 6.07) is -0.114. The van der Waals surface area contributed by atoms with Crippen LogP contribution in [0.3, 0.4) is 0 Å². The van der Waals surface area contributed by atoms with Crippen LogP contribution in [0.15, 0.2) is 0 Å². The summed E-state index contributed by atoms with van der Waals surface area (Å²) in [5, 5.41) is 13.4. The summed E-state index contributed by atoms with van der Waals surface area (Å²) >= 11 is 0. The number of hydrogen-bond acceptors (Lipinski definition) is 4. The third kappa shape index (κ3) is 2.53. The molecule has 2 aliphatic rings. The second-order valence-corrected chi connectivity index (χ2v) is 4.82. The molecule has 0 bridgehead atoms. The summed E-state index contributed by atoms with van der Waals surface area (Å²) < 4.78 is 5.21. The summed E-state index contributed by atoms with van der Waals surface area (Å²) in [5.74, 6) is 0.135. The third-order valence-electron chi connectivity index (χ3n) is 3.53. The van der Waals surface area contributed by atoms with Crippen molar-refractivity contribution >= 4 is 5.91 Å². The number of carbonyl (C=O) groups excluding carboxylic acids is 1. The van der Waals surface area contributed by atoms with Gasteiger partial charge in [0, 0.05) is 46.2 Å². The minimum Gasteiger partial charge on any atom is -0.388 e. The number of nitrogens with zero attached hydrogens (tertiary/aromatic N) is 1. The van der Waals surface area contributed by atoms with Gasteiger partial charge in [-0.1, -0.05) is 0 Å². The lowest BCUT2D eigenvalue weighted by Gasteiger charge is -2.33. The van der Waals surface area contributed by atoms with E-state index in [0.717, 1.165) is 13.0 Å². The third-order valence-corrected chi connectivity index (χ3v) is 3.53. The van der Waals surface area contributed by atoms with Crippen LogP contribution in [-0.4, -0.2) is 60.9 Å². The SMILES string of the molecule is CN1CCC(NCC2(O)CCOCC2)C1=O. The van der Waals surface area contributed by atoms with Gasteiger partial charge in [0.2, 0.25) is 5.91 Å². The number of aliphatic hydroxyl groups is 1.